The van der Waals surface area contributed by atoms with Crippen molar-refractivity contribution in [2.45, 2.75) is 0 Å². The van der Waals surface area contributed by atoms with Gasteiger partial charge in [0.25, 0.3) is 5.09 Å². The SMILES string of the molecule is O=[N+]([O-])O.[Cr+3].[OH-].[OH-].[OH-]. The molecular formula is H4CrNO6. The predicted octanol–water partition coefficient (Wildman–Crippen LogP) is -0.881. The zero-order chi connectivity index (χ0) is 3.58. The smallest absolute Gasteiger partial charge is 0.870 e. The summed E-state index contributed by atoms with van der Waals surface area (Å²) in [7, 11) is 0. The third-order valence-corrected chi connectivity index (χ3v) is 0. The molecular weight excluding hydrogens is 162 g/mol. The van der Waals surface area contributed by atoms with E-state index in [2.05, 4.69) is 0 Å². The summed E-state index contributed by atoms with van der Waals surface area (Å²) < 4.78 is 0. The quantitative estimate of drug-likeness (QED) is 0.363. The van der Waals surface area contributed by atoms with Crippen LogP contribution in [0, 0.1) is 10.1 Å². The molecule has 0 bridgehead atoms. The van der Waals surface area contributed by atoms with E-state index in [-0.39, 0.29) is 33.8 Å². The van der Waals surface area contributed by atoms with Gasteiger partial charge < -0.3 is 21.6 Å². The van der Waals surface area contributed by atoms with Crippen molar-refractivity contribution in [1.29, 1.82) is 0 Å². The first-order valence-corrected chi connectivity index (χ1v) is 0.565. The Hall–Kier alpha value is -0.388. The van der Waals surface area contributed by atoms with E-state index in [1.165, 1.54) is 0 Å². The Labute approximate surface area is 55.1 Å². The summed E-state index contributed by atoms with van der Waals surface area (Å²) in [6.07, 6.45) is 0. The Morgan fingerprint density at radius 3 is 1.25 bits per heavy atom. The van der Waals surface area contributed by atoms with Gasteiger partial charge in [0, 0.05) is 0 Å². The molecule has 7 nitrogen and oxygen atoms in total. The summed E-state index contributed by atoms with van der Waals surface area (Å²) in [5.74, 6) is 0. The van der Waals surface area contributed by atoms with E-state index in [1.807, 2.05) is 0 Å². The van der Waals surface area contributed by atoms with Crippen molar-refractivity contribution in [3.63, 3.8) is 0 Å². The Balaban J connectivity index is -0.00000000750. The van der Waals surface area contributed by atoms with E-state index < -0.39 is 5.09 Å². The first kappa shape index (κ1) is 48.8. The van der Waals surface area contributed by atoms with Crippen LogP contribution in [0.15, 0.2) is 0 Å². The number of nitrogens with zero attached hydrogens (tertiary/aromatic N) is 1. The van der Waals surface area contributed by atoms with Crippen LogP contribution in [0.25, 0.3) is 0 Å². The van der Waals surface area contributed by atoms with Crippen LogP contribution in [0.1, 0.15) is 0 Å². The van der Waals surface area contributed by atoms with E-state index in [0.717, 1.165) is 0 Å². The molecule has 0 aliphatic carbocycles. The molecule has 0 atom stereocenters. The van der Waals surface area contributed by atoms with Crippen molar-refractivity contribution in [3.05, 3.63) is 10.1 Å². The second-order valence-corrected chi connectivity index (χ2v) is 0.238. The van der Waals surface area contributed by atoms with Gasteiger partial charge in [-0.2, -0.15) is 0 Å². The monoisotopic (exact) mass is 166 g/mol. The van der Waals surface area contributed by atoms with Crippen LogP contribution < -0.4 is 0 Å². The Bertz CT molecular complexity index is 31.5. The number of hydrogen-bond donors (Lipinski definition) is 1. The summed E-state index contributed by atoms with van der Waals surface area (Å²) >= 11 is 0. The van der Waals surface area contributed by atoms with Gasteiger partial charge in [0.15, 0.2) is 0 Å². The molecule has 0 spiro atoms. The van der Waals surface area contributed by atoms with Crippen LogP contribution in [0.3, 0.4) is 0 Å². The zero-order valence-electron chi connectivity index (χ0n) is 3.46. The molecule has 8 heteroatoms. The van der Waals surface area contributed by atoms with Gasteiger partial charge in [-0.25, -0.2) is 0 Å². The van der Waals surface area contributed by atoms with Crippen LogP contribution in [0.5, 0.6) is 0 Å². The topological polar surface area (TPSA) is 153 Å². The normalized spacial score (nSPS) is 3.00. The van der Waals surface area contributed by atoms with Crippen molar-refractivity contribution < 1.29 is 44.1 Å². The fraction of sp³-hybridized carbons (Fsp3) is 0. The molecule has 0 saturated heterocycles. The maximum atomic E-state index is 8.36. The van der Waals surface area contributed by atoms with E-state index >= 15 is 0 Å². The van der Waals surface area contributed by atoms with Gasteiger partial charge in [0.05, 0.1) is 0 Å². The maximum absolute atomic E-state index is 8.36. The van der Waals surface area contributed by atoms with Gasteiger partial charge in [-0.15, -0.1) is 10.1 Å². The van der Waals surface area contributed by atoms with Gasteiger partial charge in [-0.3, -0.25) is 0 Å². The molecule has 0 fully saturated rings. The molecule has 0 aromatic heterocycles. The van der Waals surface area contributed by atoms with E-state index in [1.54, 1.807) is 0 Å². The summed E-state index contributed by atoms with van der Waals surface area (Å²) in [5, 5.41) is 13.6. The molecule has 4 N–H and O–H groups in total. The van der Waals surface area contributed by atoms with E-state index in [0.29, 0.717) is 0 Å². The van der Waals surface area contributed by atoms with Crippen molar-refractivity contribution in [2.24, 2.45) is 0 Å². The first-order valence-electron chi connectivity index (χ1n) is 0.565. The minimum absolute atomic E-state index is 0. The van der Waals surface area contributed by atoms with Crippen LogP contribution in [-0.4, -0.2) is 26.7 Å². The average Bonchev–Trinajstić information content (AvgIpc) is 0.811. The fourth-order valence-electron chi connectivity index (χ4n) is 0. The Morgan fingerprint density at radius 2 is 1.25 bits per heavy atom. The van der Waals surface area contributed by atoms with Gasteiger partial charge in [-0.1, -0.05) is 0 Å². The first-order chi connectivity index (χ1) is 1.73. The molecule has 0 aliphatic rings. The standard InChI is InChI=1S/Cr.HNO3.3H2O/c;2-1(3)4;;;/h;(H,2,3,4);3*1H2/q+3;;;;/p-3. The van der Waals surface area contributed by atoms with E-state index in [9.17, 15) is 0 Å². The fourth-order valence-corrected chi connectivity index (χ4v) is 0. The third kappa shape index (κ3) is 795. The molecule has 0 heterocycles. The van der Waals surface area contributed by atoms with Crippen molar-refractivity contribution in [2.75, 3.05) is 0 Å². The molecule has 51 valence electrons. The minimum atomic E-state index is -1.50. The summed E-state index contributed by atoms with van der Waals surface area (Å²) in [5.41, 5.74) is 0. The van der Waals surface area contributed by atoms with E-state index in [4.69, 9.17) is 15.3 Å². The Morgan fingerprint density at radius 1 is 1.25 bits per heavy atom. The average molecular weight is 166 g/mol. The molecule has 0 aromatic carbocycles. The molecule has 8 heavy (non-hydrogen) atoms. The van der Waals surface area contributed by atoms with Gasteiger partial charge in [0.2, 0.25) is 0 Å². The molecule has 0 rings (SSSR count). The molecule has 0 aromatic rings. The van der Waals surface area contributed by atoms with Gasteiger partial charge in [0.1, 0.15) is 0 Å². The molecule has 0 aliphatic heterocycles. The van der Waals surface area contributed by atoms with Crippen LogP contribution >= 0.6 is 0 Å². The molecule has 1 radical (unpaired) electrons. The van der Waals surface area contributed by atoms with Gasteiger partial charge in [-0.05, 0) is 0 Å². The second kappa shape index (κ2) is 30.5. The summed E-state index contributed by atoms with van der Waals surface area (Å²) in [6, 6.07) is 0. The number of rotatable bonds is 0. The third-order valence-electron chi connectivity index (χ3n) is 0. The predicted molar refractivity (Wildman–Crippen MR) is 14.6 cm³/mol. The zero-order valence-corrected chi connectivity index (χ0v) is 4.74. The van der Waals surface area contributed by atoms with Crippen LogP contribution in [-0.2, 0) is 17.4 Å². The van der Waals surface area contributed by atoms with Gasteiger partial charge >= 0.3 is 17.4 Å². The van der Waals surface area contributed by atoms with Crippen molar-refractivity contribution >= 4 is 0 Å². The summed E-state index contributed by atoms with van der Waals surface area (Å²) in [4.78, 5) is 8.36. The largest absolute Gasteiger partial charge is 3.00 e. The Kier molecular flexibility index (Phi) is 186. The van der Waals surface area contributed by atoms with Crippen molar-refractivity contribution in [3.8, 4) is 0 Å². The molecule has 0 unspecified atom stereocenters. The second-order valence-electron chi connectivity index (χ2n) is 0.238. The van der Waals surface area contributed by atoms with Crippen LogP contribution in [0.4, 0.5) is 0 Å². The molecule has 0 amide bonds. The number of hydrogen-bond acceptors (Lipinski definition) is 5. The van der Waals surface area contributed by atoms with Crippen LogP contribution in [0.2, 0.25) is 0 Å². The maximum Gasteiger partial charge on any atom is 3.00 e. The summed E-state index contributed by atoms with van der Waals surface area (Å²) in [6.45, 7) is 0. The van der Waals surface area contributed by atoms with Crippen molar-refractivity contribution in [1.82, 2.24) is 0 Å². The molecule has 0 saturated carbocycles. The minimum Gasteiger partial charge on any atom is -0.870 e.